The molecule has 9 heteroatoms. The number of hydrogen-bond donors (Lipinski definition) is 2. The van der Waals surface area contributed by atoms with Crippen LogP contribution in [0.3, 0.4) is 0 Å². The van der Waals surface area contributed by atoms with E-state index in [4.69, 9.17) is 10.8 Å². The largest absolute Gasteiger partial charge is 0.480 e. The van der Waals surface area contributed by atoms with Gasteiger partial charge >= 0.3 is 5.97 Å². The highest BCUT2D eigenvalue weighted by Crippen LogP contribution is 2.32. The third kappa shape index (κ3) is 3.65. The zero-order valence-corrected chi connectivity index (χ0v) is 11.1. The Morgan fingerprint density at radius 1 is 1.52 bits per heavy atom. The number of amides is 1. The van der Waals surface area contributed by atoms with E-state index < -0.39 is 16.8 Å². The molecule has 1 aromatic rings. The first kappa shape index (κ1) is 14.7. The van der Waals surface area contributed by atoms with Crippen molar-refractivity contribution in [3.63, 3.8) is 0 Å². The van der Waals surface area contributed by atoms with E-state index in [-0.39, 0.29) is 23.6 Å². The van der Waals surface area contributed by atoms with Crippen molar-refractivity contribution < 1.29 is 19.6 Å². The number of anilines is 1. The van der Waals surface area contributed by atoms with Crippen molar-refractivity contribution in [2.75, 3.05) is 18.0 Å². The number of carbonyl (C=O) groups excluding carboxylic acids is 1. The van der Waals surface area contributed by atoms with Crippen molar-refractivity contribution in [1.29, 1.82) is 0 Å². The van der Waals surface area contributed by atoms with Gasteiger partial charge in [-0.3, -0.25) is 19.7 Å². The molecule has 0 atom stereocenters. The predicted molar refractivity (Wildman–Crippen MR) is 72.0 cm³/mol. The van der Waals surface area contributed by atoms with Gasteiger partial charge in [0.05, 0.1) is 10.5 Å². The van der Waals surface area contributed by atoms with Crippen molar-refractivity contribution >= 4 is 23.4 Å². The fourth-order valence-corrected chi connectivity index (χ4v) is 1.98. The molecule has 1 saturated carbocycles. The molecule has 0 unspecified atom stereocenters. The Morgan fingerprint density at radius 3 is 2.67 bits per heavy atom. The topological polar surface area (TPSA) is 140 Å². The minimum Gasteiger partial charge on any atom is -0.480 e. The third-order valence-corrected chi connectivity index (χ3v) is 3.13. The van der Waals surface area contributed by atoms with Crippen LogP contribution in [0.5, 0.6) is 0 Å². The number of aliphatic carboxylic acids is 1. The first-order valence-corrected chi connectivity index (χ1v) is 6.29. The summed E-state index contributed by atoms with van der Waals surface area (Å²) >= 11 is 0. The molecule has 2 rings (SSSR count). The van der Waals surface area contributed by atoms with Gasteiger partial charge in [0.25, 0.3) is 11.6 Å². The lowest BCUT2D eigenvalue weighted by atomic mass is 10.2. The van der Waals surface area contributed by atoms with Crippen LogP contribution in [0.1, 0.15) is 23.2 Å². The van der Waals surface area contributed by atoms with E-state index in [9.17, 15) is 19.7 Å². The van der Waals surface area contributed by atoms with Gasteiger partial charge in [-0.1, -0.05) is 0 Å². The molecule has 0 aromatic carbocycles. The second-order valence-corrected chi connectivity index (χ2v) is 4.90. The van der Waals surface area contributed by atoms with Gasteiger partial charge in [0.2, 0.25) is 0 Å². The second-order valence-electron chi connectivity index (χ2n) is 4.90. The van der Waals surface area contributed by atoms with Crippen molar-refractivity contribution in [3.05, 3.63) is 27.9 Å². The van der Waals surface area contributed by atoms with Crippen LogP contribution in [-0.4, -0.2) is 40.0 Å². The van der Waals surface area contributed by atoms with E-state index in [1.807, 2.05) is 0 Å². The molecule has 1 amide bonds. The van der Waals surface area contributed by atoms with Crippen molar-refractivity contribution in [3.8, 4) is 0 Å². The summed E-state index contributed by atoms with van der Waals surface area (Å²) in [5.74, 6) is -1.54. The molecule has 1 heterocycles. The van der Waals surface area contributed by atoms with Gasteiger partial charge in [-0.2, -0.15) is 0 Å². The SMILES string of the molecule is NC(=O)c1cc([N+](=O)[O-])cnc1N(CC(=O)O)CC1CC1. The number of primary amides is 1. The minimum atomic E-state index is -1.08. The molecular formula is C12H14N4O5. The Kier molecular flexibility index (Phi) is 4.01. The summed E-state index contributed by atoms with van der Waals surface area (Å²) in [5, 5.41) is 19.7. The van der Waals surface area contributed by atoms with Gasteiger partial charge in [-0.15, -0.1) is 0 Å². The van der Waals surface area contributed by atoms with Crippen LogP contribution in [0.4, 0.5) is 11.5 Å². The minimum absolute atomic E-state index is 0.0717. The number of hydrogen-bond acceptors (Lipinski definition) is 6. The molecular weight excluding hydrogens is 280 g/mol. The molecule has 0 aliphatic heterocycles. The summed E-state index contributed by atoms with van der Waals surface area (Å²) in [5.41, 5.74) is 4.71. The zero-order valence-electron chi connectivity index (χ0n) is 11.1. The van der Waals surface area contributed by atoms with Gasteiger partial charge in [0.15, 0.2) is 0 Å². The van der Waals surface area contributed by atoms with Crippen molar-refractivity contribution in [1.82, 2.24) is 4.98 Å². The molecule has 1 aromatic heterocycles. The van der Waals surface area contributed by atoms with Gasteiger partial charge in [0.1, 0.15) is 18.6 Å². The summed E-state index contributed by atoms with van der Waals surface area (Å²) in [4.78, 5) is 37.8. The average molecular weight is 294 g/mol. The predicted octanol–water partition coefficient (Wildman–Crippen LogP) is 0.390. The molecule has 112 valence electrons. The highest BCUT2D eigenvalue weighted by Gasteiger charge is 2.28. The van der Waals surface area contributed by atoms with Crippen LogP contribution >= 0.6 is 0 Å². The standard InChI is InChI=1S/C12H14N4O5/c13-11(19)9-3-8(16(20)21)4-14-12(9)15(6-10(17)18)5-7-1-2-7/h3-4,7H,1-2,5-6H2,(H2,13,19)(H,17,18). The smallest absolute Gasteiger partial charge is 0.323 e. The number of rotatable bonds is 7. The maximum Gasteiger partial charge on any atom is 0.323 e. The molecule has 0 radical (unpaired) electrons. The summed E-state index contributed by atoms with van der Waals surface area (Å²) in [7, 11) is 0. The Hall–Kier alpha value is -2.71. The van der Waals surface area contributed by atoms with Gasteiger partial charge < -0.3 is 15.7 Å². The molecule has 21 heavy (non-hydrogen) atoms. The van der Waals surface area contributed by atoms with Gasteiger partial charge in [-0.05, 0) is 18.8 Å². The number of aromatic nitrogens is 1. The molecule has 0 spiro atoms. The molecule has 1 fully saturated rings. The number of carboxylic acids is 1. The highest BCUT2D eigenvalue weighted by atomic mass is 16.6. The number of nitrogens with two attached hydrogens (primary N) is 1. The average Bonchev–Trinajstić information content (AvgIpc) is 3.20. The van der Waals surface area contributed by atoms with Crippen LogP contribution in [0.2, 0.25) is 0 Å². The molecule has 3 N–H and O–H groups in total. The summed E-state index contributed by atoms with van der Waals surface area (Å²) in [6.45, 7) is 0.0823. The molecule has 0 saturated heterocycles. The number of carbonyl (C=O) groups is 2. The van der Waals surface area contributed by atoms with E-state index in [2.05, 4.69) is 4.98 Å². The molecule has 1 aliphatic carbocycles. The first-order chi connectivity index (χ1) is 9.88. The summed E-state index contributed by atoms with van der Waals surface area (Å²) in [6.07, 6.45) is 2.95. The quantitative estimate of drug-likeness (QED) is 0.547. The maximum atomic E-state index is 11.5. The Bertz CT molecular complexity index is 599. The summed E-state index contributed by atoms with van der Waals surface area (Å²) < 4.78 is 0. The fourth-order valence-electron chi connectivity index (χ4n) is 1.98. The monoisotopic (exact) mass is 294 g/mol. The van der Waals surface area contributed by atoms with Crippen molar-refractivity contribution in [2.45, 2.75) is 12.8 Å². The number of carboxylic acid groups (broad SMARTS) is 1. The first-order valence-electron chi connectivity index (χ1n) is 6.29. The van der Waals surface area contributed by atoms with E-state index in [1.54, 1.807) is 0 Å². The summed E-state index contributed by atoms with van der Waals surface area (Å²) in [6, 6.07) is 1.02. The van der Waals surface area contributed by atoms with Gasteiger partial charge in [0, 0.05) is 12.6 Å². The van der Waals surface area contributed by atoms with E-state index >= 15 is 0 Å². The fraction of sp³-hybridized carbons (Fsp3) is 0.417. The Labute approximate surface area is 119 Å². The second kappa shape index (κ2) is 5.73. The molecule has 9 nitrogen and oxygen atoms in total. The van der Waals surface area contributed by atoms with Gasteiger partial charge in [-0.25, -0.2) is 4.98 Å². The lowest BCUT2D eigenvalue weighted by molar-refractivity contribution is -0.385. The van der Waals surface area contributed by atoms with Crippen LogP contribution < -0.4 is 10.6 Å². The maximum absolute atomic E-state index is 11.5. The normalized spacial score (nSPS) is 13.7. The number of nitro groups is 1. The number of nitrogens with zero attached hydrogens (tertiary/aromatic N) is 3. The lowest BCUT2D eigenvalue weighted by Gasteiger charge is -2.23. The van der Waals surface area contributed by atoms with Crippen LogP contribution in [0.25, 0.3) is 0 Å². The molecule has 1 aliphatic rings. The van der Waals surface area contributed by atoms with Crippen LogP contribution in [0, 0.1) is 16.0 Å². The van der Waals surface area contributed by atoms with Crippen LogP contribution in [-0.2, 0) is 4.79 Å². The number of pyridine rings is 1. The zero-order chi connectivity index (χ0) is 15.6. The highest BCUT2D eigenvalue weighted by molar-refractivity contribution is 5.98. The third-order valence-electron chi connectivity index (χ3n) is 3.13. The van der Waals surface area contributed by atoms with E-state index in [1.165, 1.54) is 4.90 Å². The van der Waals surface area contributed by atoms with E-state index in [0.717, 1.165) is 25.1 Å². The Morgan fingerprint density at radius 2 is 2.19 bits per heavy atom. The van der Waals surface area contributed by atoms with Crippen LogP contribution in [0.15, 0.2) is 12.3 Å². The lowest BCUT2D eigenvalue weighted by Crippen LogP contribution is -2.34. The molecule has 0 bridgehead atoms. The van der Waals surface area contributed by atoms with E-state index in [0.29, 0.717) is 12.5 Å². The van der Waals surface area contributed by atoms with Crippen molar-refractivity contribution in [2.24, 2.45) is 11.7 Å². The Balaban J connectivity index is 2.39.